The van der Waals surface area contributed by atoms with E-state index in [1.165, 1.54) is 37.2 Å². The molecule has 1 aliphatic heterocycles. The molecule has 0 radical (unpaired) electrons. The highest BCUT2D eigenvalue weighted by Crippen LogP contribution is 2.25. The first-order valence-electron chi connectivity index (χ1n) is 5.38. The largest absolute Gasteiger partial charge is 0.371 e. The Balaban J connectivity index is 2.30. The normalized spacial score (nSPS) is 16.8. The number of allylic oxidation sites excluding steroid dienone is 1. The number of hydrogen-bond acceptors (Lipinski definition) is 1. The van der Waals surface area contributed by atoms with E-state index in [4.69, 9.17) is 0 Å². The minimum absolute atomic E-state index is 1.22. The lowest BCUT2D eigenvalue weighted by atomic mass is 10.1. The van der Waals surface area contributed by atoms with Gasteiger partial charge < -0.3 is 4.90 Å². The summed E-state index contributed by atoms with van der Waals surface area (Å²) in [6.45, 7) is 4.50. The van der Waals surface area contributed by atoms with Gasteiger partial charge in [-0.3, -0.25) is 0 Å². The average molecular weight is 187 g/mol. The maximum absolute atomic E-state index is 2.48. The molecule has 1 aliphatic rings. The molecule has 2 rings (SSSR count). The van der Waals surface area contributed by atoms with E-state index in [2.05, 4.69) is 48.2 Å². The van der Waals surface area contributed by atoms with Gasteiger partial charge in [-0.15, -0.1) is 0 Å². The Hall–Kier alpha value is -1.24. The molecule has 0 atom stereocenters. The van der Waals surface area contributed by atoms with E-state index >= 15 is 0 Å². The molecule has 0 saturated carbocycles. The van der Waals surface area contributed by atoms with Crippen LogP contribution in [0.3, 0.4) is 0 Å². The number of anilines is 1. The first-order valence-corrected chi connectivity index (χ1v) is 5.38. The smallest absolute Gasteiger partial charge is 0.0439 e. The summed E-state index contributed by atoms with van der Waals surface area (Å²) in [5, 5.41) is 0. The Labute approximate surface area is 86.1 Å². The second-order valence-electron chi connectivity index (χ2n) is 3.75. The van der Waals surface area contributed by atoms with E-state index < -0.39 is 0 Å². The van der Waals surface area contributed by atoms with Crippen molar-refractivity contribution >= 4 is 11.8 Å². The lowest BCUT2D eigenvalue weighted by Gasteiger charge is -2.19. The van der Waals surface area contributed by atoms with E-state index in [9.17, 15) is 0 Å². The van der Waals surface area contributed by atoms with E-state index in [0.29, 0.717) is 0 Å². The number of nitrogens with zero attached hydrogens (tertiary/aromatic N) is 1. The van der Waals surface area contributed by atoms with Crippen molar-refractivity contribution in [1.82, 2.24) is 0 Å². The highest BCUT2D eigenvalue weighted by Gasteiger charge is 2.13. The van der Waals surface area contributed by atoms with Gasteiger partial charge in [-0.2, -0.15) is 0 Å². The zero-order chi connectivity index (χ0) is 9.80. The van der Waals surface area contributed by atoms with Crippen molar-refractivity contribution in [3.05, 3.63) is 35.9 Å². The van der Waals surface area contributed by atoms with Gasteiger partial charge in [0.15, 0.2) is 0 Å². The van der Waals surface area contributed by atoms with Gasteiger partial charge >= 0.3 is 0 Å². The first-order chi connectivity index (χ1) is 6.92. The monoisotopic (exact) mass is 187 g/mol. The van der Waals surface area contributed by atoms with E-state index in [1.54, 1.807) is 0 Å². The van der Waals surface area contributed by atoms with Crippen LogP contribution in [0.2, 0.25) is 0 Å². The molecular formula is C13H17N. The lowest BCUT2D eigenvalue weighted by Crippen LogP contribution is -2.18. The molecule has 74 valence electrons. The zero-order valence-corrected chi connectivity index (χ0v) is 8.74. The molecule has 1 fully saturated rings. The van der Waals surface area contributed by atoms with E-state index in [0.717, 1.165) is 0 Å². The second kappa shape index (κ2) is 4.32. The van der Waals surface area contributed by atoms with Crippen LogP contribution in [-0.2, 0) is 0 Å². The van der Waals surface area contributed by atoms with Crippen LogP contribution in [0.4, 0.5) is 5.69 Å². The maximum atomic E-state index is 2.48. The van der Waals surface area contributed by atoms with Crippen molar-refractivity contribution < 1.29 is 0 Å². The minimum Gasteiger partial charge on any atom is -0.371 e. The van der Waals surface area contributed by atoms with Crippen LogP contribution in [0.15, 0.2) is 30.3 Å². The fourth-order valence-corrected chi connectivity index (χ4v) is 2.05. The summed E-state index contributed by atoms with van der Waals surface area (Å²) in [6, 6.07) is 8.64. The lowest BCUT2D eigenvalue weighted by molar-refractivity contribution is 0.949. The van der Waals surface area contributed by atoms with Crippen molar-refractivity contribution in [3.8, 4) is 0 Å². The molecule has 14 heavy (non-hydrogen) atoms. The number of rotatable bonds is 2. The molecule has 1 aromatic carbocycles. The van der Waals surface area contributed by atoms with E-state index in [1.807, 2.05) is 0 Å². The average Bonchev–Trinajstić information content (AvgIpc) is 2.72. The summed E-state index contributed by atoms with van der Waals surface area (Å²) in [6.07, 6.45) is 6.97. The summed E-state index contributed by atoms with van der Waals surface area (Å²) < 4.78 is 0. The third kappa shape index (κ3) is 1.82. The predicted molar refractivity (Wildman–Crippen MR) is 62.6 cm³/mol. The molecule has 1 heterocycles. The number of para-hydroxylation sites is 1. The Morgan fingerprint density at radius 1 is 1.14 bits per heavy atom. The molecule has 0 aliphatic carbocycles. The molecule has 0 N–H and O–H groups in total. The van der Waals surface area contributed by atoms with Crippen molar-refractivity contribution in [2.45, 2.75) is 19.8 Å². The fourth-order valence-electron chi connectivity index (χ4n) is 2.05. The van der Waals surface area contributed by atoms with Crippen LogP contribution in [0, 0.1) is 0 Å². The van der Waals surface area contributed by atoms with E-state index in [-0.39, 0.29) is 0 Å². The van der Waals surface area contributed by atoms with Crippen LogP contribution < -0.4 is 4.90 Å². The summed E-state index contributed by atoms with van der Waals surface area (Å²) in [4.78, 5) is 2.48. The number of benzene rings is 1. The summed E-state index contributed by atoms with van der Waals surface area (Å²) >= 11 is 0. The van der Waals surface area contributed by atoms with Gasteiger partial charge in [-0.05, 0) is 31.4 Å². The molecule has 0 aromatic heterocycles. The molecule has 1 saturated heterocycles. The van der Waals surface area contributed by atoms with Crippen molar-refractivity contribution in [3.63, 3.8) is 0 Å². The third-order valence-corrected chi connectivity index (χ3v) is 2.73. The Bertz CT molecular complexity index is 322. The first kappa shape index (κ1) is 9.32. The molecule has 0 spiro atoms. The van der Waals surface area contributed by atoms with Crippen LogP contribution in [0.1, 0.15) is 25.3 Å². The van der Waals surface area contributed by atoms with Gasteiger partial charge in [0, 0.05) is 18.8 Å². The Morgan fingerprint density at radius 2 is 1.86 bits per heavy atom. The summed E-state index contributed by atoms with van der Waals surface area (Å²) in [7, 11) is 0. The van der Waals surface area contributed by atoms with Crippen LogP contribution in [0.25, 0.3) is 6.08 Å². The Kier molecular flexibility index (Phi) is 2.87. The van der Waals surface area contributed by atoms with Crippen LogP contribution >= 0.6 is 0 Å². The molecular weight excluding hydrogens is 170 g/mol. The predicted octanol–water partition coefficient (Wildman–Crippen LogP) is 3.32. The Morgan fingerprint density at radius 3 is 2.57 bits per heavy atom. The topological polar surface area (TPSA) is 3.24 Å². The van der Waals surface area contributed by atoms with Crippen LogP contribution in [0.5, 0.6) is 0 Å². The molecule has 1 heteroatoms. The van der Waals surface area contributed by atoms with Gasteiger partial charge in [0.2, 0.25) is 0 Å². The highest BCUT2D eigenvalue weighted by atomic mass is 15.1. The van der Waals surface area contributed by atoms with Gasteiger partial charge in [0.05, 0.1) is 0 Å². The minimum atomic E-state index is 1.22. The SMILES string of the molecule is C/C=C/c1ccccc1N1CCCC1. The maximum Gasteiger partial charge on any atom is 0.0439 e. The van der Waals surface area contributed by atoms with Gasteiger partial charge in [0.1, 0.15) is 0 Å². The second-order valence-corrected chi connectivity index (χ2v) is 3.75. The fraction of sp³-hybridized carbons (Fsp3) is 0.385. The highest BCUT2D eigenvalue weighted by molar-refractivity contribution is 5.67. The standard InChI is InChI=1S/C13H17N/c1-2-7-12-8-3-4-9-13(12)14-10-5-6-11-14/h2-4,7-9H,5-6,10-11H2,1H3/b7-2+. The zero-order valence-electron chi connectivity index (χ0n) is 8.74. The third-order valence-electron chi connectivity index (χ3n) is 2.73. The van der Waals surface area contributed by atoms with Crippen LogP contribution in [-0.4, -0.2) is 13.1 Å². The van der Waals surface area contributed by atoms with Gasteiger partial charge in [0.25, 0.3) is 0 Å². The van der Waals surface area contributed by atoms with Crippen molar-refractivity contribution in [2.75, 3.05) is 18.0 Å². The van der Waals surface area contributed by atoms with Gasteiger partial charge in [-0.1, -0.05) is 30.4 Å². The molecule has 1 aromatic rings. The molecule has 1 nitrogen and oxygen atoms in total. The quantitative estimate of drug-likeness (QED) is 0.686. The van der Waals surface area contributed by atoms with Crippen molar-refractivity contribution in [2.24, 2.45) is 0 Å². The van der Waals surface area contributed by atoms with Crippen molar-refractivity contribution in [1.29, 1.82) is 0 Å². The summed E-state index contributed by atoms with van der Waals surface area (Å²) in [5.41, 5.74) is 2.74. The molecule has 0 bridgehead atoms. The molecule has 0 amide bonds. The van der Waals surface area contributed by atoms with Gasteiger partial charge in [-0.25, -0.2) is 0 Å². The molecule has 0 unspecified atom stereocenters. The number of hydrogen-bond donors (Lipinski definition) is 0. The summed E-state index contributed by atoms with van der Waals surface area (Å²) in [5.74, 6) is 0.